The highest BCUT2D eigenvalue weighted by Gasteiger charge is 2.47. The summed E-state index contributed by atoms with van der Waals surface area (Å²) in [4.78, 5) is 33.0. The first kappa shape index (κ1) is 16.6. The average molecular weight is 304 g/mol. The summed E-state index contributed by atoms with van der Waals surface area (Å²) in [5.74, 6) is -0.602. The highest BCUT2D eigenvalue weighted by atomic mass is 31.2. The molecule has 0 saturated heterocycles. The molecule has 1 heterocycles. The molecule has 8 nitrogen and oxygen atoms in total. The molecule has 9 heteroatoms. The normalized spacial score (nSPS) is 12.2. The highest BCUT2D eigenvalue weighted by Crippen LogP contribution is 2.61. The quantitative estimate of drug-likeness (QED) is 0.469. The second-order valence-corrected chi connectivity index (χ2v) is 6.23. The third-order valence-corrected chi connectivity index (χ3v) is 5.50. The van der Waals surface area contributed by atoms with Crippen LogP contribution in [0.2, 0.25) is 0 Å². The van der Waals surface area contributed by atoms with E-state index in [0.717, 1.165) is 6.20 Å². The predicted molar refractivity (Wildman–Crippen MR) is 71.7 cm³/mol. The molecule has 112 valence electrons. The molecular formula is C11H17N2O6P. The van der Waals surface area contributed by atoms with Crippen LogP contribution in [0.15, 0.2) is 12.3 Å². The van der Waals surface area contributed by atoms with Gasteiger partial charge in [0.25, 0.3) is 0 Å². The summed E-state index contributed by atoms with van der Waals surface area (Å²) in [6.45, 7) is 3.30. The van der Waals surface area contributed by atoms with Gasteiger partial charge in [-0.05, 0) is 28.8 Å². The van der Waals surface area contributed by atoms with Crippen LogP contribution in [0, 0.1) is 10.1 Å². The number of nitro groups is 1. The van der Waals surface area contributed by atoms with Crippen LogP contribution in [-0.2, 0) is 9.72 Å². The topological polar surface area (TPSA) is 123 Å². The van der Waals surface area contributed by atoms with Crippen molar-refractivity contribution in [3.63, 3.8) is 0 Å². The maximum absolute atomic E-state index is 11.8. The lowest BCUT2D eigenvalue weighted by atomic mass is 9.94. The van der Waals surface area contributed by atoms with E-state index in [-0.39, 0.29) is 24.2 Å². The van der Waals surface area contributed by atoms with E-state index in [0.29, 0.717) is 0 Å². The summed E-state index contributed by atoms with van der Waals surface area (Å²) in [7, 11) is -3.22. The maximum Gasteiger partial charge on any atom is 0.406 e. The molecule has 0 aromatic carbocycles. The molecule has 2 N–H and O–H groups in total. The van der Waals surface area contributed by atoms with Gasteiger partial charge in [0.1, 0.15) is 11.4 Å². The Kier molecular flexibility index (Phi) is 4.86. The average Bonchev–Trinajstić information content (AvgIpc) is 2.38. The van der Waals surface area contributed by atoms with Gasteiger partial charge in [-0.2, -0.15) is 0 Å². The van der Waals surface area contributed by atoms with Crippen molar-refractivity contribution < 1.29 is 24.0 Å². The number of nitrogens with zero attached hydrogens (tertiary/aromatic N) is 2. The Balaban J connectivity index is 3.52. The first-order valence-electron chi connectivity index (χ1n) is 5.98. The molecule has 0 bridgehead atoms. The van der Waals surface area contributed by atoms with Gasteiger partial charge in [0.15, 0.2) is 0 Å². The summed E-state index contributed by atoms with van der Waals surface area (Å²) in [6, 6.07) is 1.28. The Hall–Kier alpha value is -1.50. The van der Waals surface area contributed by atoms with Crippen molar-refractivity contribution in [3.05, 3.63) is 27.9 Å². The molecule has 1 aromatic rings. The molecule has 1 aromatic heterocycles. The Bertz CT molecular complexity index is 552. The van der Waals surface area contributed by atoms with Crippen molar-refractivity contribution in [1.29, 1.82) is 0 Å². The molecule has 0 aliphatic rings. The Morgan fingerprint density at radius 2 is 2.00 bits per heavy atom. The first-order valence-corrected chi connectivity index (χ1v) is 7.59. The minimum atomic E-state index is -4.46. The van der Waals surface area contributed by atoms with Crippen LogP contribution in [0.1, 0.15) is 32.3 Å². The first-order chi connectivity index (χ1) is 9.23. The standard InChI is InChI=1S/C11H17N2O6P/c1-4-11(5-2,20(16,17)18)8-6-9(19-3)10(12-7-8)13(14)15/h6-7H,4-5H2,1-3H3,(H2,16,17,18). The molecule has 0 spiro atoms. The van der Waals surface area contributed by atoms with Crippen LogP contribution in [0.5, 0.6) is 5.75 Å². The second-order valence-electron chi connectivity index (χ2n) is 4.29. The third kappa shape index (κ3) is 2.67. The lowest BCUT2D eigenvalue weighted by Gasteiger charge is -2.31. The molecular weight excluding hydrogens is 287 g/mol. The third-order valence-electron chi connectivity index (χ3n) is 3.49. The lowest BCUT2D eigenvalue weighted by molar-refractivity contribution is -0.390. The molecule has 0 aliphatic heterocycles. The minimum Gasteiger partial charge on any atom is -0.489 e. The predicted octanol–water partition coefficient (Wildman–Crippen LogP) is 2.19. The molecule has 0 saturated carbocycles. The zero-order chi connectivity index (χ0) is 15.6. The largest absolute Gasteiger partial charge is 0.489 e. The molecule has 0 radical (unpaired) electrons. The molecule has 0 atom stereocenters. The number of ether oxygens (including phenoxy) is 1. The number of methoxy groups -OCH3 is 1. The van der Waals surface area contributed by atoms with Gasteiger partial charge in [-0.25, -0.2) is 0 Å². The van der Waals surface area contributed by atoms with Crippen LogP contribution >= 0.6 is 7.60 Å². The van der Waals surface area contributed by atoms with Crippen LogP contribution in [-0.4, -0.2) is 26.8 Å². The van der Waals surface area contributed by atoms with Crippen molar-refractivity contribution in [2.24, 2.45) is 0 Å². The Morgan fingerprint density at radius 1 is 1.45 bits per heavy atom. The van der Waals surface area contributed by atoms with E-state index in [4.69, 9.17) is 4.74 Å². The fourth-order valence-electron chi connectivity index (χ4n) is 2.22. The van der Waals surface area contributed by atoms with Gasteiger partial charge in [-0.1, -0.05) is 13.8 Å². The van der Waals surface area contributed by atoms with Crippen LogP contribution in [0.3, 0.4) is 0 Å². The van der Waals surface area contributed by atoms with E-state index in [9.17, 15) is 24.5 Å². The van der Waals surface area contributed by atoms with Crippen molar-refractivity contribution in [2.75, 3.05) is 7.11 Å². The number of rotatable bonds is 6. The number of aromatic nitrogens is 1. The van der Waals surface area contributed by atoms with E-state index >= 15 is 0 Å². The van der Waals surface area contributed by atoms with Gasteiger partial charge < -0.3 is 24.6 Å². The molecule has 0 amide bonds. The van der Waals surface area contributed by atoms with Crippen molar-refractivity contribution in [1.82, 2.24) is 4.98 Å². The summed E-state index contributed by atoms with van der Waals surface area (Å²) in [5.41, 5.74) is 0.235. The Morgan fingerprint density at radius 3 is 2.35 bits per heavy atom. The molecule has 0 unspecified atom stereocenters. The number of hydrogen-bond donors (Lipinski definition) is 2. The van der Waals surface area contributed by atoms with E-state index in [1.165, 1.54) is 13.2 Å². The highest BCUT2D eigenvalue weighted by molar-refractivity contribution is 7.53. The minimum absolute atomic E-state index is 0.118. The smallest absolute Gasteiger partial charge is 0.406 e. The van der Waals surface area contributed by atoms with Crippen molar-refractivity contribution >= 4 is 13.4 Å². The summed E-state index contributed by atoms with van der Waals surface area (Å²) in [6.07, 6.45) is 1.49. The number of hydrogen-bond acceptors (Lipinski definition) is 5. The van der Waals surface area contributed by atoms with Gasteiger partial charge >= 0.3 is 13.4 Å². The molecule has 1 rings (SSSR count). The lowest BCUT2D eigenvalue weighted by Crippen LogP contribution is -2.25. The van der Waals surface area contributed by atoms with Crippen molar-refractivity contribution in [3.8, 4) is 5.75 Å². The van der Waals surface area contributed by atoms with E-state index in [1.54, 1.807) is 13.8 Å². The maximum atomic E-state index is 11.8. The van der Waals surface area contributed by atoms with E-state index in [2.05, 4.69) is 4.98 Å². The van der Waals surface area contributed by atoms with Crippen LogP contribution in [0.25, 0.3) is 0 Å². The molecule has 0 aliphatic carbocycles. The molecule has 20 heavy (non-hydrogen) atoms. The van der Waals surface area contributed by atoms with Crippen LogP contribution < -0.4 is 4.74 Å². The summed E-state index contributed by atoms with van der Waals surface area (Å²) in [5, 5.41) is 9.37. The zero-order valence-corrected chi connectivity index (χ0v) is 12.3. The van der Waals surface area contributed by atoms with E-state index in [1.807, 2.05) is 0 Å². The van der Waals surface area contributed by atoms with E-state index < -0.39 is 23.5 Å². The fraction of sp³-hybridized carbons (Fsp3) is 0.545. The van der Waals surface area contributed by atoms with Gasteiger partial charge in [-0.15, -0.1) is 0 Å². The zero-order valence-electron chi connectivity index (χ0n) is 11.4. The SMILES string of the molecule is CCC(CC)(c1cnc([N+](=O)[O-])c(OC)c1)P(=O)(O)O. The van der Waals surface area contributed by atoms with Gasteiger partial charge in [0.05, 0.1) is 7.11 Å². The summed E-state index contributed by atoms with van der Waals surface area (Å²) >= 11 is 0. The van der Waals surface area contributed by atoms with Crippen LogP contribution in [0.4, 0.5) is 5.82 Å². The summed E-state index contributed by atoms with van der Waals surface area (Å²) < 4.78 is 16.7. The monoisotopic (exact) mass is 304 g/mol. The second kappa shape index (κ2) is 5.87. The van der Waals surface area contributed by atoms with Gasteiger partial charge in [0.2, 0.25) is 5.75 Å². The van der Waals surface area contributed by atoms with Crippen molar-refractivity contribution in [2.45, 2.75) is 31.8 Å². The Labute approximate surface area is 116 Å². The van der Waals surface area contributed by atoms with Gasteiger partial charge in [-0.3, -0.25) is 4.57 Å². The fourth-order valence-corrected chi connectivity index (χ4v) is 3.50. The number of pyridine rings is 1. The molecule has 0 fully saturated rings. The van der Waals surface area contributed by atoms with Gasteiger partial charge in [0, 0.05) is 5.56 Å².